The summed E-state index contributed by atoms with van der Waals surface area (Å²) in [6.07, 6.45) is 2.44. The first-order chi connectivity index (χ1) is 8.69. The summed E-state index contributed by atoms with van der Waals surface area (Å²) in [6, 6.07) is 14.2. The molecule has 0 unspecified atom stereocenters. The monoisotopic (exact) mass is 237 g/mol. The molecule has 0 radical (unpaired) electrons. The Morgan fingerprint density at radius 3 is 2.39 bits per heavy atom. The number of aryl methyl sites for hydroxylation is 2. The molecule has 0 N–H and O–H groups in total. The normalized spacial score (nSPS) is 9.89. The van der Waals surface area contributed by atoms with Crippen LogP contribution in [0.15, 0.2) is 47.5 Å². The van der Waals surface area contributed by atoms with Gasteiger partial charge in [0, 0.05) is 0 Å². The number of hydrogen-bond acceptors (Lipinski definition) is 2. The smallest absolute Gasteiger partial charge is 0.211 e. The van der Waals surface area contributed by atoms with E-state index in [0.717, 1.165) is 6.42 Å². The minimum atomic E-state index is 0.648. The van der Waals surface area contributed by atoms with Gasteiger partial charge >= 0.3 is 0 Å². The predicted octanol–water partition coefficient (Wildman–Crippen LogP) is 3.86. The van der Waals surface area contributed by atoms with Gasteiger partial charge in [-0.2, -0.15) is 4.99 Å². The zero-order chi connectivity index (χ0) is 13.0. The van der Waals surface area contributed by atoms with E-state index < -0.39 is 0 Å². The molecule has 2 heteroatoms. The number of isocyanates is 1. The van der Waals surface area contributed by atoms with Gasteiger partial charge in [0.25, 0.3) is 0 Å². The van der Waals surface area contributed by atoms with Crippen LogP contribution in [0.3, 0.4) is 0 Å². The number of carbonyl (C=O) groups excluding carboxylic acids is 1. The Morgan fingerprint density at radius 2 is 1.78 bits per heavy atom. The molecule has 2 rings (SSSR count). The van der Waals surface area contributed by atoms with Crippen molar-refractivity contribution in [3.63, 3.8) is 0 Å². The second-order valence-electron chi connectivity index (χ2n) is 4.48. The molecule has 0 saturated heterocycles. The molecule has 18 heavy (non-hydrogen) atoms. The highest BCUT2D eigenvalue weighted by atomic mass is 16.1. The first-order valence-corrected chi connectivity index (χ1v) is 5.92. The van der Waals surface area contributed by atoms with Gasteiger partial charge in [-0.05, 0) is 49.1 Å². The van der Waals surface area contributed by atoms with E-state index >= 15 is 0 Å². The van der Waals surface area contributed by atoms with Crippen LogP contribution >= 0.6 is 0 Å². The molecular weight excluding hydrogens is 222 g/mol. The van der Waals surface area contributed by atoms with Crippen molar-refractivity contribution in [2.75, 3.05) is 0 Å². The average Bonchev–Trinajstić information content (AvgIpc) is 2.35. The summed E-state index contributed by atoms with van der Waals surface area (Å²) < 4.78 is 0. The van der Waals surface area contributed by atoms with Crippen molar-refractivity contribution in [1.29, 1.82) is 0 Å². The molecule has 0 atom stereocenters. The largest absolute Gasteiger partial charge is 0.240 e. The quantitative estimate of drug-likeness (QED) is 0.588. The summed E-state index contributed by atoms with van der Waals surface area (Å²) in [5, 5.41) is 0. The summed E-state index contributed by atoms with van der Waals surface area (Å²) >= 11 is 0. The topological polar surface area (TPSA) is 29.4 Å². The number of nitrogens with zero attached hydrogens (tertiary/aromatic N) is 1. The van der Waals surface area contributed by atoms with Gasteiger partial charge in [-0.15, -0.1) is 0 Å². The highest BCUT2D eigenvalue weighted by Gasteiger charge is 2.00. The third-order valence-corrected chi connectivity index (χ3v) is 3.00. The third kappa shape index (κ3) is 2.93. The molecule has 0 amide bonds. The molecule has 0 heterocycles. The summed E-state index contributed by atoms with van der Waals surface area (Å²) in [4.78, 5) is 13.7. The van der Waals surface area contributed by atoms with Crippen molar-refractivity contribution in [3.8, 4) is 0 Å². The molecule has 2 aromatic rings. The molecule has 90 valence electrons. The van der Waals surface area contributed by atoms with Crippen LogP contribution in [0.2, 0.25) is 0 Å². The molecule has 0 aliphatic heterocycles. The zero-order valence-corrected chi connectivity index (χ0v) is 10.6. The van der Waals surface area contributed by atoms with E-state index in [1.54, 1.807) is 6.08 Å². The fraction of sp³-hybridized carbons (Fsp3) is 0.188. The van der Waals surface area contributed by atoms with Crippen molar-refractivity contribution in [3.05, 3.63) is 64.7 Å². The van der Waals surface area contributed by atoms with Crippen LogP contribution < -0.4 is 0 Å². The van der Waals surface area contributed by atoms with E-state index in [0.29, 0.717) is 5.69 Å². The first-order valence-electron chi connectivity index (χ1n) is 5.92. The van der Waals surface area contributed by atoms with Crippen molar-refractivity contribution >= 4 is 11.8 Å². The molecule has 0 fully saturated rings. The number of hydrogen-bond donors (Lipinski definition) is 0. The van der Waals surface area contributed by atoms with E-state index in [1.165, 1.54) is 22.3 Å². The maximum absolute atomic E-state index is 10.1. The molecule has 2 nitrogen and oxygen atoms in total. The van der Waals surface area contributed by atoms with E-state index in [-0.39, 0.29) is 0 Å². The predicted molar refractivity (Wildman–Crippen MR) is 72.9 cm³/mol. The van der Waals surface area contributed by atoms with E-state index in [4.69, 9.17) is 0 Å². The molecule has 2 aromatic carbocycles. The van der Waals surface area contributed by atoms with Crippen LogP contribution in [0.5, 0.6) is 0 Å². The van der Waals surface area contributed by atoms with Gasteiger partial charge in [-0.3, -0.25) is 0 Å². The van der Waals surface area contributed by atoms with Crippen molar-refractivity contribution in [2.24, 2.45) is 4.99 Å². The summed E-state index contributed by atoms with van der Waals surface area (Å²) in [7, 11) is 0. The lowest BCUT2D eigenvalue weighted by molar-refractivity contribution is 0.565. The van der Waals surface area contributed by atoms with Crippen molar-refractivity contribution in [1.82, 2.24) is 0 Å². The van der Waals surface area contributed by atoms with E-state index in [1.807, 2.05) is 24.3 Å². The molecule has 0 aliphatic carbocycles. The Kier molecular flexibility index (Phi) is 3.71. The van der Waals surface area contributed by atoms with Crippen molar-refractivity contribution in [2.45, 2.75) is 20.3 Å². The SMILES string of the molecule is Cc1ccc(Cc2ccc(N=C=O)cc2)c(C)c1. The second-order valence-corrected chi connectivity index (χ2v) is 4.48. The zero-order valence-electron chi connectivity index (χ0n) is 10.6. The molecule has 0 spiro atoms. The Balaban J connectivity index is 2.20. The van der Waals surface area contributed by atoms with Crippen molar-refractivity contribution < 1.29 is 4.79 Å². The van der Waals surface area contributed by atoms with Crippen LogP contribution in [0, 0.1) is 13.8 Å². The third-order valence-electron chi connectivity index (χ3n) is 3.00. The van der Waals surface area contributed by atoms with Crippen LogP contribution in [-0.2, 0) is 11.2 Å². The highest BCUT2D eigenvalue weighted by molar-refractivity contribution is 5.49. The minimum absolute atomic E-state index is 0.648. The van der Waals surface area contributed by atoms with Gasteiger partial charge in [0.1, 0.15) is 0 Å². The molecule has 0 aliphatic rings. The summed E-state index contributed by atoms with van der Waals surface area (Å²) in [6.45, 7) is 4.23. The average molecular weight is 237 g/mol. The standard InChI is InChI=1S/C16H15NO/c1-12-3-6-15(13(2)9-12)10-14-4-7-16(8-5-14)17-11-18/h3-9H,10H2,1-2H3. The summed E-state index contributed by atoms with van der Waals surface area (Å²) in [5.41, 5.74) is 5.78. The lowest BCUT2D eigenvalue weighted by atomic mass is 9.99. The van der Waals surface area contributed by atoms with Crippen LogP contribution in [0.1, 0.15) is 22.3 Å². The Bertz CT molecular complexity index is 593. The van der Waals surface area contributed by atoms with E-state index in [2.05, 4.69) is 37.0 Å². The van der Waals surface area contributed by atoms with Gasteiger partial charge in [-0.25, -0.2) is 4.79 Å². The minimum Gasteiger partial charge on any atom is -0.211 e. The number of aliphatic imine (C=N–C) groups is 1. The van der Waals surface area contributed by atoms with Crippen LogP contribution in [0.4, 0.5) is 5.69 Å². The fourth-order valence-electron chi connectivity index (χ4n) is 2.01. The molecule has 0 aromatic heterocycles. The Morgan fingerprint density at radius 1 is 1.06 bits per heavy atom. The molecular formula is C16H15NO. The molecule has 0 saturated carbocycles. The Hall–Kier alpha value is -2.18. The molecule has 0 bridgehead atoms. The van der Waals surface area contributed by atoms with Gasteiger partial charge in [0.05, 0.1) is 5.69 Å². The number of rotatable bonds is 3. The van der Waals surface area contributed by atoms with E-state index in [9.17, 15) is 4.79 Å². The van der Waals surface area contributed by atoms with Gasteiger partial charge in [0.15, 0.2) is 0 Å². The first kappa shape index (κ1) is 12.3. The maximum Gasteiger partial charge on any atom is 0.240 e. The lowest BCUT2D eigenvalue weighted by Gasteiger charge is -2.07. The van der Waals surface area contributed by atoms with Gasteiger partial charge in [-0.1, -0.05) is 35.9 Å². The second kappa shape index (κ2) is 5.44. The Labute approximate surface area is 107 Å². The van der Waals surface area contributed by atoms with Gasteiger partial charge in [0.2, 0.25) is 6.08 Å². The van der Waals surface area contributed by atoms with Crippen LogP contribution in [0.25, 0.3) is 0 Å². The van der Waals surface area contributed by atoms with Gasteiger partial charge < -0.3 is 0 Å². The summed E-state index contributed by atoms with van der Waals surface area (Å²) in [5.74, 6) is 0. The lowest BCUT2D eigenvalue weighted by Crippen LogP contribution is -1.92. The maximum atomic E-state index is 10.1. The number of benzene rings is 2. The van der Waals surface area contributed by atoms with Crippen LogP contribution in [-0.4, -0.2) is 6.08 Å². The fourth-order valence-corrected chi connectivity index (χ4v) is 2.01. The highest BCUT2D eigenvalue weighted by Crippen LogP contribution is 2.18.